The first-order valence-electron chi connectivity index (χ1n) is 13.3. The van der Waals surface area contributed by atoms with Crippen molar-refractivity contribution in [2.24, 2.45) is 28.1 Å². The summed E-state index contributed by atoms with van der Waals surface area (Å²) in [6.45, 7) is 14.8. The summed E-state index contributed by atoms with van der Waals surface area (Å²) in [6.07, 6.45) is 7.54. The molecule has 0 spiro atoms. The number of carbonyl (C=O) groups excluding carboxylic acids is 4. The van der Waals surface area contributed by atoms with E-state index in [2.05, 4.69) is 12.7 Å². The zero-order valence-corrected chi connectivity index (χ0v) is 23.7. The van der Waals surface area contributed by atoms with Crippen LogP contribution in [0.15, 0.2) is 59.0 Å². The van der Waals surface area contributed by atoms with Crippen LogP contribution in [0, 0.1) is 28.1 Å². The topological polar surface area (TPSA) is 109 Å². The molecule has 0 N–H and O–H groups in total. The Hall–Kier alpha value is -3.42. The Bertz CT molecular complexity index is 1250. The molecule has 1 aromatic heterocycles. The molecule has 0 aliphatic heterocycles. The van der Waals surface area contributed by atoms with Crippen molar-refractivity contribution in [2.75, 3.05) is 7.11 Å². The SMILES string of the molecule is C=C1C2=CC[C@@H](c3ccoc3)[C@]2(C)[C@@H](OC(C)=O)[C@H](OC(C)=O)C1[C@@]1(C)C=CC(=O)C(C)(C)[C@@H]1CC(=O)OC. The lowest BCUT2D eigenvalue weighted by Crippen LogP contribution is -2.61. The molecule has 4 rings (SSSR count). The smallest absolute Gasteiger partial charge is 0.305 e. The largest absolute Gasteiger partial charge is 0.472 e. The maximum Gasteiger partial charge on any atom is 0.305 e. The molecule has 0 amide bonds. The Morgan fingerprint density at radius 3 is 2.33 bits per heavy atom. The third-order valence-electron chi connectivity index (χ3n) is 9.46. The van der Waals surface area contributed by atoms with Crippen molar-refractivity contribution in [3.05, 3.63) is 60.1 Å². The second-order valence-electron chi connectivity index (χ2n) is 12.0. The Balaban J connectivity index is 1.95. The molecule has 3 aliphatic carbocycles. The van der Waals surface area contributed by atoms with Crippen molar-refractivity contribution in [3.63, 3.8) is 0 Å². The Morgan fingerprint density at radius 2 is 1.77 bits per heavy atom. The van der Waals surface area contributed by atoms with Gasteiger partial charge in [0.15, 0.2) is 5.78 Å². The van der Waals surface area contributed by atoms with Gasteiger partial charge < -0.3 is 18.6 Å². The van der Waals surface area contributed by atoms with Crippen molar-refractivity contribution in [3.8, 4) is 0 Å². The van der Waals surface area contributed by atoms with Crippen LogP contribution in [-0.4, -0.2) is 43.0 Å². The number of methoxy groups -OCH3 is 1. The molecule has 210 valence electrons. The fourth-order valence-corrected chi connectivity index (χ4v) is 7.55. The number of ether oxygens (including phenoxy) is 3. The Kier molecular flexibility index (Phi) is 7.30. The minimum Gasteiger partial charge on any atom is -0.472 e. The van der Waals surface area contributed by atoms with Crippen LogP contribution >= 0.6 is 0 Å². The fourth-order valence-electron chi connectivity index (χ4n) is 7.55. The number of fused-ring (bicyclic) bond motifs is 1. The molecular weight excluding hydrogens is 500 g/mol. The van der Waals surface area contributed by atoms with Crippen LogP contribution in [0.4, 0.5) is 0 Å². The molecule has 1 aromatic rings. The summed E-state index contributed by atoms with van der Waals surface area (Å²) >= 11 is 0. The third-order valence-corrected chi connectivity index (χ3v) is 9.46. The van der Waals surface area contributed by atoms with Crippen LogP contribution in [-0.2, 0) is 33.4 Å². The molecule has 0 radical (unpaired) electrons. The first-order chi connectivity index (χ1) is 18.2. The van der Waals surface area contributed by atoms with E-state index >= 15 is 0 Å². The highest BCUT2D eigenvalue weighted by atomic mass is 16.6. The van der Waals surface area contributed by atoms with E-state index in [9.17, 15) is 19.2 Å². The van der Waals surface area contributed by atoms with Gasteiger partial charge in [0.2, 0.25) is 0 Å². The van der Waals surface area contributed by atoms with Gasteiger partial charge >= 0.3 is 17.9 Å². The number of carbonyl (C=O) groups is 4. The maximum absolute atomic E-state index is 13.1. The maximum atomic E-state index is 13.1. The average molecular weight is 539 g/mol. The molecule has 1 unspecified atom stereocenters. The highest BCUT2D eigenvalue weighted by molar-refractivity contribution is 5.96. The van der Waals surface area contributed by atoms with Gasteiger partial charge in [0, 0.05) is 41.9 Å². The van der Waals surface area contributed by atoms with Crippen molar-refractivity contribution in [2.45, 2.75) is 72.5 Å². The molecule has 7 atom stereocenters. The third kappa shape index (κ3) is 4.47. The van der Waals surface area contributed by atoms with E-state index in [0.717, 1.165) is 16.7 Å². The lowest BCUT2D eigenvalue weighted by Gasteiger charge is -2.58. The second kappa shape index (κ2) is 9.96. The zero-order chi connectivity index (χ0) is 28.9. The number of ketones is 1. The lowest BCUT2D eigenvalue weighted by molar-refractivity contribution is -0.190. The summed E-state index contributed by atoms with van der Waals surface area (Å²) in [5.74, 6) is -2.85. The number of hydrogen-bond donors (Lipinski definition) is 0. The van der Waals surface area contributed by atoms with Crippen molar-refractivity contribution >= 4 is 23.7 Å². The van der Waals surface area contributed by atoms with Gasteiger partial charge in [-0.3, -0.25) is 19.2 Å². The number of rotatable bonds is 6. The number of hydrogen-bond acceptors (Lipinski definition) is 8. The number of furan rings is 1. The quantitative estimate of drug-likeness (QED) is 0.364. The molecule has 0 bridgehead atoms. The predicted octanol–water partition coefficient (Wildman–Crippen LogP) is 5.10. The summed E-state index contributed by atoms with van der Waals surface area (Å²) in [6, 6.07) is 1.89. The zero-order valence-electron chi connectivity index (χ0n) is 23.7. The molecular formula is C31H38O8. The lowest BCUT2D eigenvalue weighted by atomic mass is 9.47. The minimum atomic E-state index is -0.938. The van der Waals surface area contributed by atoms with Crippen LogP contribution in [0.2, 0.25) is 0 Å². The van der Waals surface area contributed by atoms with Gasteiger partial charge in [-0.1, -0.05) is 46.4 Å². The van der Waals surface area contributed by atoms with E-state index in [1.165, 1.54) is 27.0 Å². The van der Waals surface area contributed by atoms with Gasteiger partial charge in [-0.25, -0.2) is 0 Å². The van der Waals surface area contributed by atoms with Gasteiger partial charge in [0.25, 0.3) is 0 Å². The van der Waals surface area contributed by atoms with E-state index in [-0.39, 0.29) is 18.1 Å². The fraction of sp³-hybridized carbons (Fsp3) is 0.548. The Labute approximate surface area is 229 Å². The van der Waals surface area contributed by atoms with E-state index in [4.69, 9.17) is 18.6 Å². The molecule has 0 aromatic carbocycles. The van der Waals surface area contributed by atoms with Gasteiger partial charge in [-0.15, -0.1) is 0 Å². The first kappa shape index (κ1) is 28.6. The van der Waals surface area contributed by atoms with Crippen LogP contribution in [0.25, 0.3) is 0 Å². The van der Waals surface area contributed by atoms with Crippen molar-refractivity contribution in [1.29, 1.82) is 0 Å². The van der Waals surface area contributed by atoms with E-state index in [0.29, 0.717) is 6.42 Å². The van der Waals surface area contributed by atoms with Crippen LogP contribution < -0.4 is 0 Å². The normalized spacial score (nSPS) is 35.2. The number of allylic oxidation sites excluding steroid dienone is 3. The second-order valence-corrected chi connectivity index (χ2v) is 12.0. The van der Waals surface area contributed by atoms with Crippen LogP contribution in [0.5, 0.6) is 0 Å². The van der Waals surface area contributed by atoms with Crippen molar-refractivity contribution < 1.29 is 37.8 Å². The molecule has 39 heavy (non-hydrogen) atoms. The van der Waals surface area contributed by atoms with Gasteiger partial charge in [-0.2, -0.15) is 0 Å². The summed E-state index contributed by atoms with van der Waals surface area (Å²) in [5, 5.41) is 0. The predicted molar refractivity (Wildman–Crippen MR) is 142 cm³/mol. The molecule has 8 heteroatoms. The van der Waals surface area contributed by atoms with Crippen LogP contribution in [0.3, 0.4) is 0 Å². The monoisotopic (exact) mass is 538 g/mol. The highest BCUT2D eigenvalue weighted by Gasteiger charge is 2.65. The van der Waals surface area contributed by atoms with Crippen molar-refractivity contribution in [1.82, 2.24) is 0 Å². The highest BCUT2D eigenvalue weighted by Crippen LogP contribution is 2.65. The molecule has 1 heterocycles. The van der Waals surface area contributed by atoms with E-state index < -0.39 is 58.2 Å². The minimum absolute atomic E-state index is 0.0289. The van der Waals surface area contributed by atoms with E-state index in [1.54, 1.807) is 18.6 Å². The van der Waals surface area contributed by atoms with Gasteiger partial charge in [0.1, 0.15) is 12.2 Å². The summed E-state index contributed by atoms with van der Waals surface area (Å²) in [4.78, 5) is 50.9. The average Bonchev–Trinajstić information content (AvgIpc) is 3.50. The summed E-state index contributed by atoms with van der Waals surface area (Å²) < 4.78 is 22.5. The Morgan fingerprint density at radius 1 is 1.10 bits per heavy atom. The molecule has 1 fully saturated rings. The molecule has 1 saturated carbocycles. The standard InChI is InChI=1S/C31H38O8/c1-17-21-9-10-22(20-12-14-37-16-20)31(21,7)28(39-19(3)33)27(38-18(2)32)26(17)30(6)13-11-24(34)29(4,5)23(30)15-25(35)36-8/h9,11-14,16,22-23,26-28H,1,10,15H2,2-8H3/t22-,23-,26?,27+,28-,30-,31+/m0/s1. The summed E-state index contributed by atoms with van der Waals surface area (Å²) in [5.41, 5.74) is -0.0226. The van der Waals surface area contributed by atoms with Gasteiger partial charge in [0.05, 0.1) is 26.1 Å². The van der Waals surface area contributed by atoms with E-state index in [1.807, 2.05) is 33.8 Å². The number of esters is 3. The molecule has 0 saturated heterocycles. The molecule has 8 nitrogen and oxygen atoms in total. The molecule has 3 aliphatic rings. The van der Waals surface area contributed by atoms with Crippen LogP contribution in [0.1, 0.15) is 65.9 Å². The van der Waals surface area contributed by atoms with Gasteiger partial charge in [-0.05, 0) is 41.2 Å². The summed E-state index contributed by atoms with van der Waals surface area (Å²) in [7, 11) is 1.32. The first-order valence-corrected chi connectivity index (χ1v) is 13.3.